The number of hydrogen-bond donors (Lipinski definition) is 0. The van der Waals surface area contributed by atoms with Gasteiger partial charge >= 0.3 is 0 Å². The van der Waals surface area contributed by atoms with Crippen molar-refractivity contribution in [2.45, 2.75) is 0 Å². The van der Waals surface area contributed by atoms with E-state index >= 15 is 0 Å². The van der Waals surface area contributed by atoms with E-state index in [9.17, 15) is 0 Å². The van der Waals surface area contributed by atoms with Crippen LogP contribution in [-0.4, -0.2) is 19.9 Å². The van der Waals surface area contributed by atoms with Crippen molar-refractivity contribution < 1.29 is 8.83 Å². The highest BCUT2D eigenvalue weighted by Gasteiger charge is 2.20. The van der Waals surface area contributed by atoms with Gasteiger partial charge in [0.15, 0.2) is 23.1 Å². The fourth-order valence-electron chi connectivity index (χ4n) is 8.37. The maximum atomic E-state index is 6.77. The van der Waals surface area contributed by atoms with Gasteiger partial charge in [-0.15, -0.1) is 0 Å². The molecule has 0 bridgehead atoms. The van der Waals surface area contributed by atoms with Crippen LogP contribution in [0.3, 0.4) is 0 Å². The summed E-state index contributed by atoms with van der Waals surface area (Å²) in [4.78, 5) is 20.3. The van der Waals surface area contributed by atoms with E-state index in [4.69, 9.17) is 28.8 Å². The quantitative estimate of drug-likeness (QED) is 0.163. The van der Waals surface area contributed by atoms with Gasteiger partial charge in [0.1, 0.15) is 16.7 Å². The molecular weight excluding hydrogens is 713 g/mol. The molecule has 0 spiro atoms. The van der Waals surface area contributed by atoms with Crippen molar-refractivity contribution >= 4 is 65.4 Å². The summed E-state index contributed by atoms with van der Waals surface area (Å²) < 4.78 is 13.0. The molecule has 0 unspecified atom stereocenters. The third-order valence-electron chi connectivity index (χ3n) is 11.1. The van der Waals surface area contributed by atoms with Crippen LogP contribution in [0.2, 0.25) is 0 Å². The molecule has 0 saturated heterocycles. The zero-order valence-electron chi connectivity index (χ0n) is 30.9. The summed E-state index contributed by atoms with van der Waals surface area (Å²) in [6.45, 7) is 0. The highest BCUT2D eigenvalue weighted by molar-refractivity contribution is 6.25. The molecule has 0 aliphatic carbocycles. The average Bonchev–Trinajstić information content (AvgIpc) is 3.91. The van der Waals surface area contributed by atoms with Crippen LogP contribution in [0, 0.1) is 0 Å². The SMILES string of the molecule is c1ccc(-c2nc(-c3cccc(-c4ccccc4-c4nc5ccc6ccc7oc8ccccc8c7c6c5o4)c3)nc(-c3ccc4c(ccc5ccccc54)c3)n2)cc1. The maximum Gasteiger partial charge on any atom is 0.227 e. The minimum atomic E-state index is 0.547. The lowest BCUT2D eigenvalue weighted by Crippen LogP contribution is -2.00. The van der Waals surface area contributed by atoms with Crippen molar-refractivity contribution in [3.8, 4) is 56.7 Å². The highest BCUT2D eigenvalue weighted by Crippen LogP contribution is 2.41. The molecule has 0 amide bonds. The summed E-state index contributed by atoms with van der Waals surface area (Å²) in [5.74, 6) is 2.36. The van der Waals surface area contributed by atoms with Crippen LogP contribution in [-0.2, 0) is 0 Å². The smallest absolute Gasteiger partial charge is 0.227 e. The van der Waals surface area contributed by atoms with Crippen molar-refractivity contribution in [2.75, 3.05) is 0 Å². The number of rotatable bonds is 5. The number of hydrogen-bond acceptors (Lipinski definition) is 6. The molecule has 12 rings (SSSR count). The van der Waals surface area contributed by atoms with Crippen LogP contribution in [0.4, 0.5) is 0 Å². The second-order valence-electron chi connectivity index (χ2n) is 14.6. The number of oxazole rings is 1. The molecule has 12 aromatic rings. The Balaban J connectivity index is 0.990. The number of benzene rings is 9. The summed E-state index contributed by atoms with van der Waals surface area (Å²) >= 11 is 0. The summed E-state index contributed by atoms with van der Waals surface area (Å²) in [6.07, 6.45) is 0. The molecule has 270 valence electrons. The van der Waals surface area contributed by atoms with Crippen molar-refractivity contribution in [3.63, 3.8) is 0 Å². The van der Waals surface area contributed by atoms with Crippen molar-refractivity contribution in [2.24, 2.45) is 0 Å². The molecule has 0 radical (unpaired) electrons. The van der Waals surface area contributed by atoms with E-state index in [1.807, 2.05) is 72.8 Å². The number of fused-ring (bicyclic) bond motifs is 10. The number of aromatic nitrogens is 4. The standard InChI is InChI=1S/C52H30N4O2/c1-2-12-33(13-3-1)49-54-50(56-51(55-49)37-23-26-40-35(30-37)22-21-31-11-4-5-16-38(31)40)36-15-10-14-34(29-36)39-17-6-7-18-41(39)52-53-43-27-24-32-25-28-45-47(46(32)48(43)58-52)42-19-8-9-20-44(42)57-45/h1-30H. The van der Waals surface area contributed by atoms with E-state index in [1.165, 1.54) is 16.2 Å². The first-order valence-corrected chi connectivity index (χ1v) is 19.3. The summed E-state index contributed by atoms with van der Waals surface area (Å²) in [7, 11) is 0. The first kappa shape index (κ1) is 32.3. The number of furan rings is 1. The molecule has 0 N–H and O–H groups in total. The van der Waals surface area contributed by atoms with E-state index in [1.54, 1.807) is 0 Å². The molecule has 6 nitrogen and oxygen atoms in total. The maximum absolute atomic E-state index is 6.77. The van der Waals surface area contributed by atoms with Crippen molar-refractivity contribution in [1.82, 2.24) is 19.9 Å². The average molecular weight is 743 g/mol. The van der Waals surface area contributed by atoms with Crippen LogP contribution in [0.5, 0.6) is 0 Å². The molecular formula is C52H30N4O2. The number of para-hydroxylation sites is 1. The monoisotopic (exact) mass is 742 g/mol. The van der Waals surface area contributed by atoms with Gasteiger partial charge in [-0.3, -0.25) is 0 Å². The topological polar surface area (TPSA) is 77.8 Å². The zero-order valence-corrected chi connectivity index (χ0v) is 30.9. The highest BCUT2D eigenvalue weighted by atomic mass is 16.3. The normalized spacial score (nSPS) is 11.8. The van der Waals surface area contributed by atoms with Gasteiger partial charge in [0.05, 0.1) is 0 Å². The Bertz CT molecular complexity index is 3590. The summed E-state index contributed by atoms with van der Waals surface area (Å²) in [5, 5.41) is 8.92. The van der Waals surface area contributed by atoms with Crippen molar-refractivity contribution in [1.29, 1.82) is 0 Å². The molecule has 9 aromatic carbocycles. The van der Waals surface area contributed by atoms with Crippen LogP contribution in [0.25, 0.3) is 122 Å². The minimum Gasteiger partial charge on any atom is -0.456 e. The molecule has 6 heteroatoms. The van der Waals surface area contributed by atoms with E-state index in [0.717, 1.165) is 82.6 Å². The van der Waals surface area contributed by atoms with Crippen LogP contribution < -0.4 is 0 Å². The third-order valence-corrected chi connectivity index (χ3v) is 11.1. The van der Waals surface area contributed by atoms with E-state index < -0.39 is 0 Å². The van der Waals surface area contributed by atoms with Gasteiger partial charge in [-0.25, -0.2) is 19.9 Å². The van der Waals surface area contributed by atoms with Crippen LogP contribution in [0.1, 0.15) is 0 Å². The Labute approximate surface area is 331 Å². The second kappa shape index (κ2) is 12.8. The largest absolute Gasteiger partial charge is 0.456 e. The first-order valence-electron chi connectivity index (χ1n) is 19.3. The minimum absolute atomic E-state index is 0.547. The van der Waals surface area contributed by atoms with Crippen LogP contribution >= 0.6 is 0 Å². The van der Waals surface area contributed by atoms with E-state index in [2.05, 4.69) is 109 Å². The molecule has 0 saturated carbocycles. The van der Waals surface area contributed by atoms with Gasteiger partial charge in [-0.2, -0.15) is 0 Å². The van der Waals surface area contributed by atoms with E-state index in [0.29, 0.717) is 23.4 Å². The Morgan fingerprint density at radius 2 is 0.966 bits per heavy atom. The summed E-state index contributed by atoms with van der Waals surface area (Å²) in [6, 6.07) is 62.3. The fraction of sp³-hybridized carbons (Fsp3) is 0. The van der Waals surface area contributed by atoms with E-state index in [-0.39, 0.29) is 0 Å². The molecule has 0 fully saturated rings. The van der Waals surface area contributed by atoms with Gasteiger partial charge in [0.2, 0.25) is 5.89 Å². The third kappa shape index (κ3) is 5.20. The lowest BCUT2D eigenvalue weighted by atomic mass is 9.97. The molecule has 0 atom stereocenters. The lowest BCUT2D eigenvalue weighted by Gasteiger charge is -2.11. The lowest BCUT2D eigenvalue weighted by molar-refractivity contribution is 0.623. The Morgan fingerprint density at radius 3 is 1.84 bits per heavy atom. The predicted octanol–water partition coefficient (Wildman–Crippen LogP) is 13.7. The second-order valence-corrected chi connectivity index (χ2v) is 14.6. The van der Waals surface area contributed by atoms with Gasteiger partial charge in [0.25, 0.3) is 0 Å². The van der Waals surface area contributed by atoms with Gasteiger partial charge < -0.3 is 8.83 Å². The molecule has 3 heterocycles. The fourth-order valence-corrected chi connectivity index (χ4v) is 8.37. The summed E-state index contributed by atoms with van der Waals surface area (Å²) in [5.41, 5.74) is 8.78. The Morgan fingerprint density at radius 1 is 0.328 bits per heavy atom. The van der Waals surface area contributed by atoms with Gasteiger partial charge in [-0.05, 0) is 74.5 Å². The zero-order chi connectivity index (χ0) is 38.2. The predicted molar refractivity (Wildman–Crippen MR) is 234 cm³/mol. The molecule has 0 aliphatic heterocycles. The number of nitrogens with zero attached hydrogens (tertiary/aromatic N) is 4. The first-order chi connectivity index (χ1) is 28.7. The molecule has 3 aromatic heterocycles. The Kier molecular flexibility index (Phi) is 7.13. The Hall–Kier alpha value is -7.96. The van der Waals surface area contributed by atoms with Crippen molar-refractivity contribution in [3.05, 3.63) is 182 Å². The molecule has 58 heavy (non-hydrogen) atoms. The molecule has 0 aliphatic rings. The van der Waals surface area contributed by atoms with Crippen LogP contribution in [0.15, 0.2) is 191 Å². The van der Waals surface area contributed by atoms with Gasteiger partial charge in [-0.1, -0.05) is 146 Å². The van der Waals surface area contributed by atoms with Gasteiger partial charge in [0, 0.05) is 38.4 Å².